The Labute approximate surface area is 118 Å². The summed E-state index contributed by atoms with van der Waals surface area (Å²) in [6, 6.07) is 12.0. The van der Waals surface area contributed by atoms with Gasteiger partial charge in [0.15, 0.2) is 6.29 Å². The van der Waals surface area contributed by atoms with Crippen molar-refractivity contribution in [2.45, 2.75) is 18.8 Å². The summed E-state index contributed by atoms with van der Waals surface area (Å²) in [5.74, 6) is 0.837. The summed E-state index contributed by atoms with van der Waals surface area (Å²) in [7, 11) is 4.69. The monoisotopic (exact) mass is 276 g/mol. The van der Waals surface area contributed by atoms with Crippen LogP contribution in [0.2, 0.25) is 0 Å². The minimum Gasteiger partial charge on any atom is -0.497 e. The van der Waals surface area contributed by atoms with E-state index in [1.807, 2.05) is 30.3 Å². The molecular weight excluding hydrogens is 256 g/mol. The van der Waals surface area contributed by atoms with E-state index in [-0.39, 0.29) is 0 Å². The van der Waals surface area contributed by atoms with Gasteiger partial charge in [0.25, 0.3) is 0 Å². The molecule has 1 unspecified atom stereocenters. The van der Waals surface area contributed by atoms with Crippen LogP contribution in [0.15, 0.2) is 36.4 Å². The summed E-state index contributed by atoms with van der Waals surface area (Å²) in [5.41, 5.74) is 1.04. The number of hydrogen-bond acceptors (Lipinski definition) is 4. The van der Waals surface area contributed by atoms with E-state index in [0.717, 1.165) is 22.1 Å². The van der Waals surface area contributed by atoms with Crippen LogP contribution in [0.5, 0.6) is 5.75 Å². The predicted molar refractivity (Wildman–Crippen MR) is 78.0 cm³/mol. The third-order valence-electron chi connectivity index (χ3n) is 3.34. The summed E-state index contributed by atoms with van der Waals surface area (Å²) in [4.78, 5) is 0. The van der Waals surface area contributed by atoms with Gasteiger partial charge in [0.2, 0.25) is 0 Å². The highest BCUT2D eigenvalue weighted by Gasteiger charge is 2.18. The summed E-state index contributed by atoms with van der Waals surface area (Å²) < 4.78 is 15.3. The molecule has 0 saturated carbocycles. The molecule has 0 aromatic heterocycles. The van der Waals surface area contributed by atoms with Crippen LogP contribution in [0.1, 0.15) is 5.56 Å². The van der Waals surface area contributed by atoms with E-state index in [4.69, 9.17) is 14.2 Å². The van der Waals surface area contributed by atoms with Crippen LogP contribution in [0, 0.1) is 0 Å². The molecule has 4 heteroatoms. The fraction of sp³-hybridized carbons (Fsp3) is 0.375. The van der Waals surface area contributed by atoms with E-state index in [9.17, 15) is 5.11 Å². The minimum absolute atomic E-state index is 0.480. The molecule has 1 N–H and O–H groups in total. The van der Waals surface area contributed by atoms with Gasteiger partial charge in [-0.2, -0.15) is 0 Å². The Morgan fingerprint density at radius 3 is 2.25 bits per heavy atom. The molecule has 0 heterocycles. The maximum Gasteiger partial charge on any atom is 0.183 e. The van der Waals surface area contributed by atoms with Crippen molar-refractivity contribution in [1.82, 2.24) is 0 Å². The number of hydrogen-bond donors (Lipinski definition) is 1. The summed E-state index contributed by atoms with van der Waals surface area (Å²) in [5, 5.41) is 12.3. The minimum atomic E-state index is -0.694. The largest absolute Gasteiger partial charge is 0.497 e. The van der Waals surface area contributed by atoms with Crippen molar-refractivity contribution in [1.29, 1.82) is 0 Å². The van der Waals surface area contributed by atoms with Gasteiger partial charge < -0.3 is 19.3 Å². The van der Waals surface area contributed by atoms with E-state index in [2.05, 4.69) is 6.07 Å². The molecule has 0 bridgehead atoms. The third kappa shape index (κ3) is 3.28. The highest BCUT2D eigenvalue weighted by atomic mass is 16.7. The van der Waals surface area contributed by atoms with Gasteiger partial charge in [0.05, 0.1) is 7.11 Å². The molecular formula is C16H20O4. The van der Waals surface area contributed by atoms with Gasteiger partial charge in [-0.05, 0) is 28.5 Å². The first-order valence-corrected chi connectivity index (χ1v) is 6.48. The average Bonchev–Trinajstić information content (AvgIpc) is 2.48. The molecule has 0 spiro atoms. The lowest BCUT2D eigenvalue weighted by molar-refractivity contribution is -0.163. The highest BCUT2D eigenvalue weighted by Crippen LogP contribution is 2.22. The van der Waals surface area contributed by atoms with Gasteiger partial charge in [-0.25, -0.2) is 0 Å². The van der Waals surface area contributed by atoms with Gasteiger partial charge >= 0.3 is 0 Å². The fourth-order valence-corrected chi connectivity index (χ4v) is 2.28. The van der Waals surface area contributed by atoms with Crippen LogP contribution in [-0.4, -0.2) is 38.8 Å². The maximum atomic E-state index is 10.0. The Hall–Kier alpha value is -1.62. The molecule has 0 radical (unpaired) electrons. The Balaban J connectivity index is 2.19. The first-order valence-electron chi connectivity index (χ1n) is 6.48. The lowest BCUT2D eigenvalue weighted by Gasteiger charge is -2.20. The fourth-order valence-electron chi connectivity index (χ4n) is 2.28. The summed E-state index contributed by atoms with van der Waals surface area (Å²) in [6.45, 7) is 0. The van der Waals surface area contributed by atoms with Crippen molar-refractivity contribution in [2.75, 3.05) is 21.3 Å². The van der Waals surface area contributed by atoms with Crippen LogP contribution in [0.4, 0.5) is 0 Å². The number of methoxy groups -OCH3 is 3. The normalized spacial score (nSPS) is 12.8. The number of fused-ring (bicyclic) bond motifs is 1. The molecule has 0 amide bonds. The Kier molecular flexibility index (Phi) is 4.95. The molecule has 0 fully saturated rings. The second-order valence-corrected chi connectivity index (χ2v) is 4.66. The second-order valence-electron chi connectivity index (χ2n) is 4.66. The molecule has 2 aromatic carbocycles. The standard InChI is InChI=1S/C16H20O4/c1-18-14-7-6-12-8-11(4-5-13(12)10-14)9-15(17)16(19-2)20-3/h4-8,10,15-17H,9H2,1-3H3. The molecule has 2 aromatic rings. The molecule has 0 aliphatic heterocycles. The molecule has 108 valence electrons. The van der Waals surface area contributed by atoms with Gasteiger partial charge in [-0.15, -0.1) is 0 Å². The van der Waals surface area contributed by atoms with E-state index < -0.39 is 12.4 Å². The van der Waals surface area contributed by atoms with Crippen molar-refractivity contribution in [2.24, 2.45) is 0 Å². The predicted octanol–water partition coefficient (Wildman–Crippen LogP) is 2.37. The number of rotatable bonds is 6. The smallest absolute Gasteiger partial charge is 0.183 e. The van der Waals surface area contributed by atoms with Gasteiger partial charge in [-0.3, -0.25) is 0 Å². The molecule has 20 heavy (non-hydrogen) atoms. The third-order valence-corrected chi connectivity index (χ3v) is 3.34. The van der Waals surface area contributed by atoms with Crippen LogP contribution in [-0.2, 0) is 15.9 Å². The SMILES string of the molecule is COc1ccc2cc(CC(O)C(OC)OC)ccc2c1. The molecule has 0 aliphatic carbocycles. The second kappa shape index (κ2) is 6.70. The van der Waals surface area contributed by atoms with E-state index in [1.54, 1.807) is 7.11 Å². The maximum absolute atomic E-state index is 10.0. The Morgan fingerprint density at radius 1 is 0.950 bits per heavy atom. The summed E-state index contributed by atoms with van der Waals surface area (Å²) in [6.07, 6.45) is -0.823. The Morgan fingerprint density at radius 2 is 1.60 bits per heavy atom. The molecule has 0 saturated heterocycles. The molecule has 0 aliphatic rings. The zero-order valence-corrected chi connectivity index (χ0v) is 12.0. The van der Waals surface area contributed by atoms with Crippen LogP contribution < -0.4 is 4.74 Å². The van der Waals surface area contributed by atoms with E-state index >= 15 is 0 Å². The quantitative estimate of drug-likeness (QED) is 0.823. The zero-order chi connectivity index (χ0) is 14.5. The number of ether oxygens (including phenoxy) is 3. The number of aliphatic hydroxyl groups excluding tert-OH is 1. The average molecular weight is 276 g/mol. The van der Waals surface area contributed by atoms with Crippen LogP contribution >= 0.6 is 0 Å². The molecule has 2 rings (SSSR count). The lowest BCUT2D eigenvalue weighted by atomic mass is 10.0. The van der Waals surface area contributed by atoms with Crippen LogP contribution in [0.3, 0.4) is 0 Å². The van der Waals surface area contributed by atoms with Gasteiger partial charge in [0.1, 0.15) is 11.9 Å². The van der Waals surface area contributed by atoms with Crippen molar-refractivity contribution < 1.29 is 19.3 Å². The zero-order valence-electron chi connectivity index (χ0n) is 12.0. The van der Waals surface area contributed by atoms with Crippen molar-refractivity contribution in [3.8, 4) is 5.75 Å². The number of aliphatic hydroxyl groups is 1. The summed E-state index contributed by atoms with van der Waals surface area (Å²) >= 11 is 0. The van der Waals surface area contributed by atoms with Gasteiger partial charge in [-0.1, -0.05) is 24.3 Å². The van der Waals surface area contributed by atoms with Crippen molar-refractivity contribution in [3.05, 3.63) is 42.0 Å². The van der Waals surface area contributed by atoms with Gasteiger partial charge in [0, 0.05) is 20.6 Å². The van der Waals surface area contributed by atoms with Crippen LogP contribution in [0.25, 0.3) is 10.8 Å². The molecule has 4 nitrogen and oxygen atoms in total. The highest BCUT2D eigenvalue weighted by molar-refractivity contribution is 5.84. The number of benzene rings is 2. The first-order chi connectivity index (χ1) is 9.67. The van der Waals surface area contributed by atoms with Crippen molar-refractivity contribution >= 4 is 10.8 Å². The van der Waals surface area contributed by atoms with E-state index in [1.165, 1.54) is 14.2 Å². The Bertz CT molecular complexity index is 563. The topological polar surface area (TPSA) is 47.9 Å². The lowest BCUT2D eigenvalue weighted by Crippen LogP contribution is -2.31. The molecule has 1 atom stereocenters. The first kappa shape index (κ1) is 14.8. The van der Waals surface area contributed by atoms with E-state index in [0.29, 0.717) is 6.42 Å². The van der Waals surface area contributed by atoms with Crippen molar-refractivity contribution in [3.63, 3.8) is 0 Å².